The topological polar surface area (TPSA) is 247 Å². The number of aliphatic hydroxyl groups is 3. The van der Waals surface area contributed by atoms with E-state index in [1.807, 2.05) is 69.2 Å². The minimum atomic E-state index is -1.72. The number of hydrogen-bond donors (Lipinski definition) is 7. The Morgan fingerprint density at radius 1 is 0.877 bits per heavy atom. The first-order valence-corrected chi connectivity index (χ1v) is 28.7. The molecule has 3 aromatic rings. The Labute approximate surface area is 483 Å². The Balaban J connectivity index is 1.30. The number of methoxy groups -OCH3 is 1. The maximum atomic E-state index is 14.9. The van der Waals surface area contributed by atoms with Crippen LogP contribution in [0.3, 0.4) is 0 Å². The summed E-state index contributed by atoms with van der Waals surface area (Å²) < 4.78 is 32.0. The zero-order chi connectivity index (χ0) is 59.7. The van der Waals surface area contributed by atoms with Gasteiger partial charge in [-0.15, -0.1) is 0 Å². The Hall–Kier alpha value is -5.06. The number of likely N-dealkylation sites (N-methyl/N-ethyl adjacent to an activating group) is 2. The van der Waals surface area contributed by atoms with E-state index in [4.69, 9.17) is 35.3 Å². The number of nitrogens with zero attached hydrogens (tertiary/aromatic N) is 2. The molecule has 6 rings (SSSR count). The molecule has 7 N–H and O–H groups in total. The van der Waals surface area contributed by atoms with Crippen LogP contribution < -0.4 is 21.3 Å². The normalized spacial score (nSPS) is 33.4. The van der Waals surface area contributed by atoms with E-state index in [2.05, 4.69) is 21.3 Å². The smallest absolute Gasteiger partial charge is 0.247 e. The third kappa shape index (κ3) is 17.0. The molecule has 17 atom stereocenters. The van der Waals surface area contributed by atoms with Gasteiger partial charge in [-0.05, 0) is 101 Å². The van der Waals surface area contributed by atoms with Crippen LogP contribution in [0, 0.1) is 23.7 Å². The molecule has 3 aliphatic heterocycles. The molecule has 0 saturated carbocycles. The zero-order valence-electron chi connectivity index (χ0n) is 49.4. The van der Waals surface area contributed by atoms with Crippen molar-refractivity contribution in [2.75, 3.05) is 40.1 Å². The van der Waals surface area contributed by atoms with E-state index in [0.29, 0.717) is 28.3 Å². The van der Waals surface area contributed by atoms with Crippen LogP contribution >= 0.6 is 11.6 Å². The van der Waals surface area contributed by atoms with Gasteiger partial charge in [0.1, 0.15) is 30.3 Å². The molecule has 0 unspecified atom stereocenters. The van der Waals surface area contributed by atoms with Gasteiger partial charge in [0.05, 0.1) is 48.0 Å². The maximum absolute atomic E-state index is 14.9. The fourth-order valence-electron chi connectivity index (χ4n) is 11.7. The van der Waals surface area contributed by atoms with Crippen LogP contribution in [0.5, 0.6) is 0 Å². The van der Waals surface area contributed by atoms with Crippen molar-refractivity contribution in [2.24, 2.45) is 23.7 Å². The monoisotopic (exact) mass is 1150 g/mol. The highest BCUT2D eigenvalue weighted by molar-refractivity contribution is 6.31. The van der Waals surface area contributed by atoms with E-state index in [-0.39, 0.29) is 56.7 Å². The number of ether oxygens (including phenoxy) is 5. The second-order valence-corrected chi connectivity index (χ2v) is 24.4. The van der Waals surface area contributed by atoms with Gasteiger partial charge < -0.3 is 70.1 Å². The molecule has 0 aliphatic carbocycles. The highest BCUT2D eigenvalue weighted by Crippen LogP contribution is 2.39. The number of halogens is 1. The van der Waals surface area contributed by atoms with Crippen LogP contribution in [0.15, 0.2) is 78.9 Å². The number of nitrogens with one attached hydrogen (secondary N) is 4. The zero-order valence-corrected chi connectivity index (χ0v) is 50.1. The predicted octanol–water partition coefficient (Wildman–Crippen LogP) is 5.04. The molecule has 3 saturated heterocycles. The number of rotatable bonds is 16. The lowest BCUT2D eigenvalue weighted by Crippen LogP contribution is -2.61. The summed E-state index contributed by atoms with van der Waals surface area (Å²) in [5, 5.41) is 48.0. The molecule has 0 radical (unpaired) electrons. The Bertz CT molecular complexity index is 2580. The first-order valence-electron chi connectivity index (χ1n) is 28.3. The first-order chi connectivity index (χ1) is 38.1. The lowest BCUT2D eigenvalue weighted by atomic mass is 9.77. The van der Waals surface area contributed by atoms with Crippen molar-refractivity contribution in [1.82, 2.24) is 25.8 Å². The van der Waals surface area contributed by atoms with Crippen LogP contribution in [-0.2, 0) is 66.9 Å². The van der Waals surface area contributed by atoms with Crippen molar-refractivity contribution < 1.29 is 63.0 Å². The van der Waals surface area contributed by atoms with Crippen LogP contribution in [0.1, 0.15) is 98.3 Å². The molecule has 19 nitrogen and oxygen atoms in total. The number of benzene rings is 3. The van der Waals surface area contributed by atoms with Gasteiger partial charge in [-0.2, -0.15) is 0 Å². The minimum Gasteiger partial charge on any atom is -0.387 e. The van der Waals surface area contributed by atoms with Crippen LogP contribution in [-0.4, -0.2) is 174 Å². The van der Waals surface area contributed by atoms with E-state index in [1.54, 1.807) is 98.0 Å². The van der Waals surface area contributed by atoms with Crippen LogP contribution in [0.25, 0.3) is 0 Å². The number of carbonyl (C=O) groups is 5. The number of amides is 5. The van der Waals surface area contributed by atoms with Crippen molar-refractivity contribution in [3.05, 3.63) is 101 Å². The summed E-state index contributed by atoms with van der Waals surface area (Å²) in [6.07, 6.45) is -6.82. The molecule has 0 spiro atoms. The van der Waals surface area contributed by atoms with Gasteiger partial charge in [-0.1, -0.05) is 107 Å². The number of anilines is 1. The maximum Gasteiger partial charge on any atom is 0.247 e. The standard InChI is InChI=1S/C61H89ClN6O13/c1-34(2)50-57(74)65-46(28-41-23-25-43(26-24-41)63-56(73)45(30-42-21-17-18-22-44(42)62)64-48(69)29-40-19-15-14-16-20-40)58(75)68(12)33-35(3)31-60(8,76)54(81-59-51(70)47(67(10)11)27-36(4)78-59)37(5)52(38(6)55(72)66-50)80-49-32-61(9,77-13)53(71)39(7)79-49/h14-26,34-39,45-47,49-54,59,70-71,76H,27-33H2,1-13H3,(H,63,73)(H,64,69)(H,65,74)(H,66,72)/t35-,36-,37+,38-,39+,45+,46+,47+,49+,50-,51-,52+,53+,54-,59+,60-,61-/m1/s1. The van der Waals surface area contributed by atoms with E-state index in [0.717, 1.165) is 5.56 Å². The largest absolute Gasteiger partial charge is 0.387 e. The molecule has 0 aromatic heterocycles. The summed E-state index contributed by atoms with van der Waals surface area (Å²) in [5.74, 6) is -5.19. The first kappa shape index (κ1) is 65.1. The summed E-state index contributed by atoms with van der Waals surface area (Å²) in [4.78, 5) is 75.0. The third-order valence-electron chi connectivity index (χ3n) is 16.3. The van der Waals surface area contributed by atoms with E-state index >= 15 is 0 Å². The molecule has 448 valence electrons. The van der Waals surface area contributed by atoms with Crippen LogP contribution in [0.4, 0.5) is 5.69 Å². The molecule has 3 aliphatic rings. The molecule has 20 heteroatoms. The van der Waals surface area contributed by atoms with E-state index in [1.165, 1.54) is 12.0 Å². The van der Waals surface area contributed by atoms with E-state index in [9.17, 15) is 39.3 Å². The number of carbonyl (C=O) groups excluding carboxylic acids is 5. The molecule has 3 heterocycles. The van der Waals surface area contributed by atoms with Gasteiger partial charge >= 0.3 is 0 Å². The summed E-state index contributed by atoms with van der Waals surface area (Å²) in [6, 6.07) is 19.5. The molecule has 0 bridgehead atoms. The molecular weight excluding hydrogens is 1060 g/mol. The Morgan fingerprint density at radius 3 is 2.16 bits per heavy atom. The summed E-state index contributed by atoms with van der Waals surface area (Å²) in [6.45, 7) is 16.0. The summed E-state index contributed by atoms with van der Waals surface area (Å²) >= 11 is 6.51. The van der Waals surface area contributed by atoms with Gasteiger partial charge in [-0.3, -0.25) is 24.0 Å². The average Bonchev–Trinajstić information content (AvgIpc) is 3.43. The van der Waals surface area contributed by atoms with Gasteiger partial charge in [0.2, 0.25) is 29.5 Å². The summed E-state index contributed by atoms with van der Waals surface area (Å²) in [5.41, 5.74) is -0.295. The number of aliphatic hydroxyl groups excluding tert-OH is 2. The fraction of sp³-hybridized carbons (Fsp3) is 0.623. The lowest BCUT2D eigenvalue weighted by Gasteiger charge is -2.49. The molecule has 3 aromatic carbocycles. The highest BCUT2D eigenvalue weighted by Gasteiger charge is 2.51. The SMILES string of the molecule is CO[C@]1(C)C[C@H](O[C@H]2[C@H](C)[C@@H](O[C@@H]3O[C@H](C)C[C@H](N(C)C)[C@H]3O)[C@](C)(O)C[C@@H](C)CN(C)C(=O)[C@H](Cc3ccc(NC(=O)[C@H](Cc4ccccc4Cl)NC(=O)Cc4ccccc4)cc3)NC(=O)[C@@H](C(C)C)NC(=O)[C@@H]2C)O[C@@H](C)[C@@H]1O. The van der Waals surface area contributed by atoms with Crippen molar-refractivity contribution >= 4 is 46.8 Å². The van der Waals surface area contributed by atoms with Gasteiger partial charge in [0.15, 0.2) is 12.6 Å². The second-order valence-electron chi connectivity index (χ2n) is 24.0. The molecule has 3 fully saturated rings. The Kier molecular flexibility index (Phi) is 22.9. The third-order valence-corrected chi connectivity index (χ3v) is 16.7. The molecule has 5 amide bonds. The molecular formula is C61H89ClN6O13. The highest BCUT2D eigenvalue weighted by atomic mass is 35.5. The lowest BCUT2D eigenvalue weighted by molar-refractivity contribution is -0.317. The van der Waals surface area contributed by atoms with Crippen molar-refractivity contribution in [1.29, 1.82) is 0 Å². The Morgan fingerprint density at radius 2 is 1.53 bits per heavy atom. The second kappa shape index (κ2) is 28.5. The van der Waals surface area contributed by atoms with Crippen LogP contribution in [0.2, 0.25) is 5.02 Å². The van der Waals surface area contributed by atoms with Gasteiger partial charge in [-0.25, -0.2) is 0 Å². The quantitative estimate of drug-likeness (QED) is 0.0995. The average molecular weight is 1150 g/mol. The predicted molar refractivity (Wildman–Crippen MR) is 308 cm³/mol. The van der Waals surface area contributed by atoms with Gasteiger partial charge in [0, 0.05) is 62.6 Å². The van der Waals surface area contributed by atoms with Crippen molar-refractivity contribution in [3.63, 3.8) is 0 Å². The van der Waals surface area contributed by atoms with Crippen molar-refractivity contribution in [3.8, 4) is 0 Å². The van der Waals surface area contributed by atoms with Gasteiger partial charge in [0.25, 0.3) is 0 Å². The molecule has 81 heavy (non-hydrogen) atoms. The summed E-state index contributed by atoms with van der Waals surface area (Å²) in [7, 11) is 6.84. The van der Waals surface area contributed by atoms with Crippen molar-refractivity contribution in [2.45, 2.75) is 185 Å². The minimum absolute atomic E-state index is 0.0173. The fourth-order valence-corrected chi connectivity index (χ4v) is 11.9. The number of hydrogen-bond acceptors (Lipinski definition) is 14. The van der Waals surface area contributed by atoms with E-state index < -0.39 is 120 Å².